The Balaban J connectivity index is 1.57. The van der Waals surface area contributed by atoms with Crippen LogP contribution in [0.3, 0.4) is 0 Å². The molecule has 3 N–H and O–H groups in total. The summed E-state index contributed by atoms with van der Waals surface area (Å²) in [5.74, 6) is -3.78. The second-order valence-corrected chi connectivity index (χ2v) is 6.31. The fourth-order valence-corrected chi connectivity index (χ4v) is 2.70. The summed E-state index contributed by atoms with van der Waals surface area (Å²) in [5, 5.41) is 7.67. The van der Waals surface area contributed by atoms with Gasteiger partial charge in [-0.15, -0.1) is 0 Å². The second-order valence-electron chi connectivity index (χ2n) is 6.31. The van der Waals surface area contributed by atoms with Crippen LogP contribution in [0.15, 0.2) is 42.5 Å². The number of hydrogen-bond acceptors (Lipinski definition) is 3. The summed E-state index contributed by atoms with van der Waals surface area (Å²) in [6.07, 6.45) is 0.339. The van der Waals surface area contributed by atoms with Gasteiger partial charge in [0.05, 0.1) is 17.5 Å². The largest absolute Gasteiger partial charge is 0.326 e. The van der Waals surface area contributed by atoms with Gasteiger partial charge in [-0.25, -0.2) is 8.78 Å². The zero-order valence-electron chi connectivity index (χ0n) is 14.4. The molecule has 0 radical (unpaired) electrons. The van der Waals surface area contributed by atoms with Gasteiger partial charge in [-0.3, -0.25) is 14.4 Å². The molecule has 0 heterocycles. The molecular formula is C19H17F2N3O3. The van der Waals surface area contributed by atoms with E-state index in [2.05, 4.69) is 16.0 Å². The molecule has 0 spiro atoms. The van der Waals surface area contributed by atoms with Gasteiger partial charge in [0.1, 0.15) is 11.6 Å². The molecule has 0 bridgehead atoms. The molecule has 0 aliphatic heterocycles. The van der Waals surface area contributed by atoms with Gasteiger partial charge in [-0.05, 0) is 36.8 Å². The van der Waals surface area contributed by atoms with Gasteiger partial charge in [-0.2, -0.15) is 0 Å². The van der Waals surface area contributed by atoms with E-state index in [-0.39, 0.29) is 17.5 Å². The lowest BCUT2D eigenvalue weighted by Crippen LogP contribution is -2.21. The Labute approximate surface area is 154 Å². The normalized spacial score (nSPS) is 17.7. The molecule has 1 aliphatic carbocycles. The molecule has 0 saturated heterocycles. The Kier molecular flexibility index (Phi) is 5.16. The van der Waals surface area contributed by atoms with Crippen LogP contribution in [0, 0.1) is 23.5 Å². The second kappa shape index (κ2) is 7.53. The molecule has 3 amide bonds. The molecule has 27 heavy (non-hydrogen) atoms. The fraction of sp³-hybridized carbons (Fsp3) is 0.211. The van der Waals surface area contributed by atoms with Crippen molar-refractivity contribution < 1.29 is 23.2 Å². The van der Waals surface area contributed by atoms with Crippen LogP contribution < -0.4 is 16.0 Å². The van der Waals surface area contributed by atoms with Crippen LogP contribution in [0.5, 0.6) is 0 Å². The number of hydrogen-bond donors (Lipinski definition) is 3. The van der Waals surface area contributed by atoms with E-state index in [4.69, 9.17) is 0 Å². The van der Waals surface area contributed by atoms with Gasteiger partial charge in [-0.1, -0.05) is 6.07 Å². The van der Waals surface area contributed by atoms with Crippen LogP contribution in [0.2, 0.25) is 0 Å². The van der Waals surface area contributed by atoms with Gasteiger partial charge in [0, 0.05) is 24.4 Å². The average molecular weight is 373 g/mol. The van der Waals surface area contributed by atoms with Crippen LogP contribution >= 0.6 is 0 Å². The van der Waals surface area contributed by atoms with E-state index < -0.39 is 29.4 Å². The lowest BCUT2D eigenvalue weighted by Gasteiger charge is -2.08. The van der Waals surface area contributed by atoms with E-state index in [1.807, 2.05) is 0 Å². The molecule has 2 aromatic rings. The predicted octanol–water partition coefficient (Wildman–Crippen LogP) is 3.14. The minimum Gasteiger partial charge on any atom is -0.326 e. The molecule has 0 aromatic heterocycles. The van der Waals surface area contributed by atoms with Crippen molar-refractivity contribution in [3.8, 4) is 0 Å². The van der Waals surface area contributed by atoms with Gasteiger partial charge in [0.25, 0.3) is 0 Å². The first-order valence-electron chi connectivity index (χ1n) is 8.28. The van der Waals surface area contributed by atoms with E-state index in [1.54, 1.807) is 24.3 Å². The first-order valence-corrected chi connectivity index (χ1v) is 8.28. The average Bonchev–Trinajstić information content (AvgIpc) is 3.38. The lowest BCUT2D eigenvalue weighted by atomic mass is 10.2. The van der Waals surface area contributed by atoms with Gasteiger partial charge < -0.3 is 16.0 Å². The summed E-state index contributed by atoms with van der Waals surface area (Å²) in [6, 6.07) is 9.47. The number of rotatable bonds is 5. The number of carbonyl (C=O) groups is 3. The molecule has 2 unspecified atom stereocenters. The maximum Gasteiger partial charge on any atom is 0.228 e. The quantitative estimate of drug-likeness (QED) is 0.752. The summed E-state index contributed by atoms with van der Waals surface area (Å²) in [7, 11) is 0. The van der Waals surface area contributed by atoms with Crippen molar-refractivity contribution in [1.29, 1.82) is 0 Å². The number of anilines is 3. The van der Waals surface area contributed by atoms with E-state index in [0.29, 0.717) is 23.9 Å². The highest BCUT2D eigenvalue weighted by atomic mass is 19.1. The molecule has 8 heteroatoms. The van der Waals surface area contributed by atoms with Crippen LogP contribution in [0.1, 0.15) is 13.3 Å². The smallest absolute Gasteiger partial charge is 0.228 e. The molecule has 2 atom stereocenters. The van der Waals surface area contributed by atoms with Gasteiger partial charge >= 0.3 is 0 Å². The number of nitrogens with one attached hydrogen (secondary N) is 3. The molecule has 1 aliphatic rings. The molecular weight excluding hydrogens is 356 g/mol. The van der Waals surface area contributed by atoms with E-state index >= 15 is 0 Å². The summed E-state index contributed by atoms with van der Waals surface area (Å²) < 4.78 is 26.5. The van der Waals surface area contributed by atoms with Crippen molar-refractivity contribution in [2.75, 3.05) is 16.0 Å². The first-order chi connectivity index (χ1) is 12.8. The van der Waals surface area contributed by atoms with Crippen LogP contribution in [0.25, 0.3) is 0 Å². The summed E-state index contributed by atoms with van der Waals surface area (Å²) in [4.78, 5) is 35.5. The van der Waals surface area contributed by atoms with Gasteiger partial charge in [0.2, 0.25) is 17.7 Å². The lowest BCUT2D eigenvalue weighted by molar-refractivity contribution is -0.122. The molecule has 3 rings (SSSR count). The summed E-state index contributed by atoms with van der Waals surface area (Å²) in [5.41, 5.74) is 0.898. The van der Waals surface area contributed by atoms with Crippen LogP contribution in [0.4, 0.5) is 25.8 Å². The Morgan fingerprint density at radius 2 is 1.52 bits per heavy atom. The Hall–Kier alpha value is -3.29. The number of amides is 3. The Morgan fingerprint density at radius 1 is 0.889 bits per heavy atom. The molecule has 140 valence electrons. The maximum absolute atomic E-state index is 13.6. The molecule has 1 saturated carbocycles. The minimum absolute atomic E-state index is 0.129. The van der Waals surface area contributed by atoms with Gasteiger partial charge in [0.15, 0.2) is 0 Å². The SMILES string of the molecule is CC(=O)Nc1cccc(NC(=O)C2CC2C(=O)Nc2ccc(F)cc2F)c1. The monoisotopic (exact) mass is 373 g/mol. The van der Waals surface area contributed by atoms with E-state index in [9.17, 15) is 23.2 Å². The van der Waals surface area contributed by atoms with Crippen molar-refractivity contribution in [2.45, 2.75) is 13.3 Å². The third kappa shape index (κ3) is 4.66. The molecule has 1 fully saturated rings. The molecule has 6 nitrogen and oxygen atoms in total. The fourth-order valence-electron chi connectivity index (χ4n) is 2.70. The number of halogens is 2. The van der Waals surface area contributed by atoms with Crippen molar-refractivity contribution in [2.24, 2.45) is 11.8 Å². The Morgan fingerprint density at radius 3 is 2.15 bits per heavy atom. The van der Waals surface area contributed by atoms with Crippen molar-refractivity contribution in [1.82, 2.24) is 0 Å². The first kappa shape index (κ1) is 18.5. The number of benzene rings is 2. The van der Waals surface area contributed by atoms with Crippen LogP contribution in [-0.4, -0.2) is 17.7 Å². The van der Waals surface area contributed by atoms with Crippen molar-refractivity contribution in [3.05, 3.63) is 54.1 Å². The van der Waals surface area contributed by atoms with E-state index in [1.165, 1.54) is 6.92 Å². The minimum atomic E-state index is -0.875. The predicted molar refractivity (Wildman–Crippen MR) is 96.0 cm³/mol. The number of carbonyl (C=O) groups excluding carboxylic acids is 3. The summed E-state index contributed by atoms with van der Waals surface area (Å²) >= 11 is 0. The van der Waals surface area contributed by atoms with Crippen LogP contribution in [-0.2, 0) is 14.4 Å². The Bertz CT molecular complexity index is 917. The zero-order chi connectivity index (χ0) is 19.6. The highest BCUT2D eigenvalue weighted by molar-refractivity contribution is 6.03. The topological polar surface area (TPSA) is 87.3 Å². The highest BCUT2D eigenvalue weighted by Gasteiger charge is 2.48. The molecule has 2 aromatic carbocycles. The standard InChI is InChI=1S/C19H17F2N3O3/c1-10(25)22-12-3-2-4-13(8-12)23-18(26)14-9-15(14)19(27)24-17-6-5-11(20)7-16(17)21/h2-8,14-15H,9H2,1H3,(H,22,25)(H,23,26)(H,24,27). The third-order valence-electron chi connectivity index (χ3n) is 4.10. The maximum atomic E-state index is 13.6. The van der Waals surface area contributed by atoms with Crippen molar-refractivity contribution in [3.63, 3.8) is 0 Å². The zero-order valence-corrected chi connectivity index (χ0v) is 14.4. The van der Waals surface area contributed by atoms with E-state index in [0.717, 1.165) is 12.1 Å². The third-order valence-corrected chi connectivity index (χ3v) is 4.10. The highest BCUT2D eigenvalue weighted by Crippen LogP contribution is 2.40. The van der Waals surface area contributed by atoms with Crippen molar-refractivity contribution >= 4 is 34.8 Å². The summed E-state index contributed by atoms with van der Waals surface area (Å²) in [6.45, 7) is 1.38.